The molecule has 0 aliphatic carbocycles. The minimum atomic E-state index is -0.0909. The topological polar surface area (TPSA) is 70.7 Å². The molecule has 0 saturated heterocycles. The van der Waals surface area contributed by atoms with Crippen LogP contribution in [0.25, 0.3) is 12.2 Å². The number of carbonyl (C=O) groups excluding carboxylic acids is 1. The molecule has 7 heteroatoms. The summed E-state index contributed by atoms with van der Waals surface area (Å²) in [7, 11) is 0. The van der Waals surface area contributed by atoms with Crippen molar-refractivity contribution in [3.63, 3.8) is 0 Å². The number of carbonyl (C=O) groups is 1. The molecule has 3 rings (SSSR count). The second-order valence-electron chi connectivity index (χ2n) is 5.88. The van der Waals surface area contributed by atoms with Crippen LogP contribution < -0.4 is 5.32 Å². The van der Waals surface area contributed by atoms with Crippen LogP contribution in [0.15, 0.2) is 59.8 Å². The van der Waals surface area contributed by atoms with Crippen molar-refractivity contribution in [3.8, 4) is 0 Å². The molecule has 0 saturated carbocycles. The van der Waals surface area contributed by atoms with Crippen LogP contribution in [-0.4, -0.2) is 26.8 Å². The Morgan fingerprint density at radius 1 is 1.19 bits per heavy atom. The number of benzene rings is 2. The second-order valence-corrected chi connectivity index (χ2v) is 7.26. The van der Waals surface area contributed by atoms with E-state index in [0.717, 1.165) is 11.1 Å². The first-order chi connectivity index (χ1) is 13.1. The van der Waals surface area contributed by atoms with Crippen LogP contribution >= 0.6 is 23.4 Å². The lowest BCUT2D eigenvalue weighted by Gasteiger charge is -2.13. The summed E-state index contributed by atoms with van der Waals surface area (Å²) in [6.07, 6.45) is 3.81. The molecule has 3 aromatic rings. The van der Waals surface area contributed by atoms with Crippen molar-refractivity contribution in [3.05, 3.63) is 76.6 Å². The number of amides is 1. The summed E-state index contributed by atoms with van der Waals surface area (Å²) in [4.78, 5) is 16.5. The zero-order valence-corrected chi connectivity index (χ0v) is 16.3. The van der Waals surface area contributed by atoms with Gasteiger partial charge in [-0.3, -0.25) is 9.89 Å². The van der Waals surface area contributed by atoms with E-state index in [9.17, 15) is 4.79 Å². The monoisotopic (exact) mass is 398 g/mol. The molecule has 0 aliphatic heterocycles. The van der Waals surface area contributed by atoms with Gasteiger partial charge in [-0.2, -0.15) is 0 Å². The van der Waals surface area contributed by atoms with Gasteiger partial charge in [-0.15, -0.1) is 5.10 Å². The molecule has 0 aliphatic rings. The maximum Gasteiger partial charge on any atom is 0.230 e. The Kier molecular flexibility index (Phi) is 6.68. The predicted octanol–water partition coefficient (Wildman–Crippen LogP) is 4.60. The highest BCUT2D eigenvalue weighted by Gasteiger charge is 2.11. The average molecular weight is 399 g/mol. The van der Waals surface area contributed by atoms with E-state index < -0.39 is 0 Å². The van der Waals surface area contributed by atoms with Crippen LogP contribution in [0.3, 0.4) is 0 Å². The van der Waals surface area contributed by atoms with Gasteiger partial charge in [-0.25, -0.2) is 4.98 Å². The largest absolute Gasteiger partial charge is 0.349 e. The first kappa shape index (κ1) is 19.2. The summed E-state index contributed by atoms with van der Waals surface area (Å²) in [6, 6.07) is 17.3. The van der Waals surface area contributed by atoms with Crippen LogP contribution in [0, 0.1) is 0 Å². The zero-order valence-electron chi connectivity index (χ0n) is 14.7. The molecule has 1 atom stereocenters. The van der Waals surface area contributed by atoms with Gasteiger partial charge in [0.25, 0.3) is 0 Å². The predicted molar refractivity (Wildman–Crippen MR) is 110 cm³/mol. The van der Waals surface area contributed by atoms with E-state index in [4.69, 9.17) is 11.6 Å². The molecule has 0 fully saturated rings. The standard InChI is InChI=1S/C20H19ClN4OS/c1-14(16-8-10-17(21)11-9-16)22-19(26)13-27-20-23-18(24-25-20)12-7-15-5-3-2-4-6-15/h2-12,14H,13H2,1H3,(H,22,26)(H,23,24,25)/b12-7+. The number of H-pyrrole nitrogens is 1. The second kappa shape index (κ2) is 9.39. The van der Waals surface area contributed by atoms with Gasteiger partial charge in [0.1, 0.15) is 5.82 Å². The maximum absolute atomic E-state index is 12.1. The van der Waals surface area contributed by atoms with E-state index in [0.29, 0.717) is 16.0 Å². The maximum atomic E-state index is 12.1. The molecule has 2 N–H and O–H groups in total. The Hall–Kier alpha value is -2.57. The summed E-state index contributed by atoms with van der Waals surface area (Å²) >= 11 is 7.18. The number of hydrogen-bond donors (Lipinski definition) is 2. The van der Waals surface area contributed by atoms with Crippen LogP contribution in [0.2, 0.25) is 5.02 Å². The summed E-state index contributed by atoms with van der Waals surface area (Å²) in [5.74, 6) is 0.822. The number of aromatic nitrogens is 3. The minimum Gasteiger partial charge on any atom is -0.349 e. The van der Waals surface area contributed by atoms with Crippen molar-refractivity contribution < 1.29 is 4.79 Å². The molecule has 1 amide bonds. The van der Waals surface area contributed by atoms with Crippen LogP contribution in [0.5, 0.6) is 0 Å². The van der Waals surface area contributed by atoms with Gasteiger partial charge in [-0.1, -0.05) is 71.9 Å². The smallest absolute Gasteiger partial charge is 0.230 e. The van der Waals surface area contributed by atoms with E-state index in [1.54, 1.807) is 0 Å². The molecule has 27 heavy (non-hydrogen) atoms. The Bertz CT molecular complexity index is 909. The lowest BCUT2D eigenvalue weighted by molar-refractivity contribution is -0.119. The van der Waals surface area contributed by atoms with Crippen molar-refractivity contribution >= 4 is 41.4 Å². The number of thioether (sulfide) groups is 1. The first-order valence-electron chi connectivity index (χ1n) is 8.43. The molecule has 1 unspecified atom stereocenters. The Balaban J connectivity index is 1.48. The van der Waals surface area contributed by atoms with Gasteiger partial charge in [0.2, 0.25) is 11.1 Å². The molecule has 5 nitrogen and oxygen atoms in total. The Labute approximate surface area is 167 Å². The fourth-order valence-corrected chi connectivity index (χ4v) is 3.13. The van der Waals surface area contributed by atoms with Crippen molar-refractivity contribution in [1.29, 1.82) is 0 Å². The highest BCUT2D eigenvalue weighted by atomic mass is 35.5. The van der Waals surface area contributed by atoms with E-state index in [-0.39, 0.29) is 17.7 Å². The Morgan fingerprint density at radius 2 is 1.93 bits per heavy atom. The molecule has 1 aromatic heterocycles. The molecule has 0 radical (unpaired) electrons. The van der Waals surface area contributed by atoms with Crippen molar-refractivity contribution in [2.75, 3.05) is 5.75 Å². The molecule has 138 valence electrons. The number of nitrogens with one attached hydrogen (secondary N) is 2. The van der Waals surface area contributed by atoms with Gasteiger partial charge in [0.15, 0.2) is 0 Å². The number of nitrogens with zero attached hydrogens (tertiary/aromatic N) is 2. The lowest BCUT2D eigenvalue weighted by atomic mass is 10.1. The summed E-state index contributed by atoms with van der Waals surface area (Å²) in [6.45, 7) is 1.94. The average Bonchev–Trinajstić information content (AvgIpc) is 3.14. The van der Waals surface area contributed by atoms with Gasteiger partial charge < -0.3 is 5.32 Å². The summed E-state index contributed by atoms with van der Waals surface area (Å²) in [5.41, 5.74) is 2.09. The highest BCUT2D eigenvalue weighted by Crippen LogP contribution is 2.17. The van der Waals surface area contributed by atoms with Crippen molar-refractivity contribution in [2.24, 2.45) is 0 Å². The highest BCUT2D eigenvalue weighted by molar-refractivity contribution is 7.99. The molecule has 1 heterocycles. The van der Waals surface area contributed by atoms with Crippen LogP contribution in [-0.2, 0) is 4.79 Å². The summed E-state index contributed by atoms with van der Waals surface area (Å²) in [5, 5.41) is 11.2. The third-order valence-electron chi connectivity index (χ3n) is 3.80. The fourth-order valence-electron chi connectivity index (χ4n) is 2.38. The SMILES string of the molecule is CC(NC(=O)CSc1n[nH]c(/C=C/c2ccccc2)n1)c1ccc(Cl)cc1. The Morgan fingerprint density at radius 3 is 2.67 bits per heavy atom. The van der Waals surface area contributed by atoms with Crippen molar-refractivity contribution in [2.45, 2.75) is 18.1 Å². The van der Waals surface area contributed by atoms with E-state index in [1.165, 1.54) is 11.8 Å². The molecular weight excluding hydrogens is 380 g/mol. The van der Waals surface area contributed by atoms with Gasteiger partial charge in [0.05, 0.1) is 11.8 Å². The van der Waals surface area contributed by atoms with Crippen LogP contribution in [0.1, 0.15) is 29.9 Å². The third kappa shape index (κ3) is 5.98. The molecule has 0 spiro atoms. The number of hydrogen-bond acceptors (Lipinski definition) is 4. The minimum absolute atomic E-state index is 0.0753. The van der Waals surface area contributed by atoms with Crippen LogP contribution in [0.4, 0.5) is 0 Å². The fraction of sp³-hybridized carbons (Fsp3) is 0.150. The number of rotatable bonds is 7. The number of halogens is 1. The van der Waals surface area contributed by atoms with Gasteiger partial charge >= 0.3 is 0 Å². The lowest BCUT2D eigenvalue weighted by Crippen LogP contribution is -2.28. The van der Waals surface area contributed by atoms with E-state index >= 15 is 0 Å². The number of aromatic amines is 1. The summed E-state index contributed by atoms with van der Waals surface area (Å²) < 4.78 is 0. The van der Waals surface area contributed by atoms with Gasteiger partial charge in [-0.05, 0) is 36.3 Å². The molecule has 2 aromatic carbocycles. The van der Waals surface area contributed by atoms with Gasteiger partial charge in [0, 0.05) is 5.02 Å². The van der Waals surface area contributed by atoms with E-state index in [2.05, 4.69) is 20.5 Å². The molecule has 0 bridgehead atoms. The normalized spacial score (nSPS) is 12.2. The first-order valence-corrected chi connectivity index (χ1v) is 9.79. The quantitative estimate of drug-likeness (QED) is 0.570. The van der Waals surface area contributed by atoms with Crippen molar-refractivity contribution in [1.82, 2.24) is 20.5 Å². The third-order valence-corrected chi connectivity index (χ3v) is 4.89. The van der Waals surface area contributed by atoms with E-state index in [1.807, 2.05) is 73.7 Å². The molecular formula is C20H19ClN4OS. The zero-order chi connectivity index (χ0) is 19.1.